The number of Topliss-reactive ketones (excluding diaryl/α,β-unsaturated/α-hetero) is 2. The van der Waals surface area contributed by atoms with Crippen molar-refractivity contribution in [3.8, 4) is 0 Å². The molecule has 0 aromatic heterocycles. The van der Waals surface area contributed by atoms with Gasteiger partial charge in [0.1, 0.15) is 0 Å². The molecular weight excluding hydrogens is 352 g/mol. The molecule has 3 aliphatic rings. The number of carbonyl (C=O) groups is 2. The van der Waals surface area contributed by atoms with Gasteiger partial charge < -0.3 is 0 Å². The Morgan fingerprint density at radius 2 is 1.16 bits per heavy atom. The Labute approximate surface area is 161 Å². The normalized spacial score (nSPS) is 19.6. The predicted molar refractivity (Wildman–Crippen MR) is 94.3 cm³/mol. The number of benzene rings is 1. The van der Waals surface area contributed by atoms with Crippen LogP contribution in [0.25, 0.3) is 0 Å². The minimum absolute atomic E-state index is 0. The van der Waals surface area contributed by atoms with E-state index < -0.39 is 0 Å². The summed E-state index contributed by atoms with van der Waals surface area (Å²) >= 11 is 0. The summed E-state index contributed by atoms with van der Waals surface area (Å²) in [5, 5.41) is 0. The molecule has 2 saturated carbocycles. The number of ketones is 2. The molecule has 1 aromatic rings. The van der Waals surface area contributed by atoms with Crippen molar-refractivity contribution >= 4 is 11.6 Å². The quantitative estimate of drug-likeness (QED) is 0.450. The summed E-state index contributed by atoms with van der Waals surface area (Å²) in [6.07, 6.45) is 23.0. The van der Waals surface area contributed by atoms with Gasteiger partial charge in [-0.1, -0.05) is 36.4 Å². The van der Waals surface area contributed by atoms with E-state index in [-0.39, 0.29) is 34.2 Å². The first kappa shape index (κ1) is 19.9. The second-order valence-corrected chi connectivity index (χ2v) is 5.32. The van der Waals surface area contributed by atoms with E-state index in [4.69, 9.17) is 0 Å². The zero-order valence-electron chi connectivity index (χ0n) is 13.4. The van der Waals surface area contributed by atoms with E-state index >= 15 is 0 Å². The van der Waals surface area contributed by atoms with E-state index in [1.54, 1.807) is 36.4 Å². The molecule has 0 unspecified atom stereocenters. The molecule has 0 spiro atoms. The molecule has 0 N–H and O–H groups in total. The van der Waals surface area contributed by atoms with Crippen molar-refractivity contribution in [1.29, 1.82) is 0 Å². The third-order valence-electron chi connectivity index (χ3n) is 3.70. The van der Waals surface area contributed by atoms with Crippen LogP contribution in [0.15, 0.2) is 48.1 Å². The number of hydrogen-bond acceptors (Lipinski definition) is 2. The van der Waals surface area contributed by atoms with Gasteiger partial charge in [0.15, 0.2) is 11.6 Å². The minimum Gasteiger partial charge on any atom is -0.288 e. The monoisotopic (exact) mass is 368 g/mol. The van der Waals surface area contributed by atoms with Crippen LogP contribution in [-0.4, -0.2) is 11.6 Å². The number of carbonyl (C=O) groups excluding carboxylic acids is 2. The van der Waals surface area contributed by atoms with Gasteiger partial charge in [-0.25, -0.2) is 0 Å². The Morgan fingerprint density at radius 3 is 1.64 bits per heavy atom. The van der Waals surface area contributed by atoms with Crippen molar-refractivity contribution in [2.45, 2.75) is 0 Å². The number of hydrogen-bond donors (Lipinski definition) is 0. The third-order valence-corrected chi connectivity index (χ3v) is 3.70. The van der Waals surface area contributed by atoms with Crippen molar-refractivity contribution < 1.29 is 26.7 Å². The van der Waals surface area contributed by atoms with Crippen LogP contribution in [0.2, 0.25) is 0 Å². The molecule has 2 nitrogen and oxygen atoms in total. The second-order valence-electron chi connectivity index (χ2n) is 5.32. The molecule has 3 heteroatoms. The summed E-state index contributed by atoms with van der Waals surface area (Å²) in [4.78, 5) is 24.2. The number of fused-ring (bicyclic) bond motifs is 1. The molecule has 4 rings (SSSR count). The zero-order chi connectivity index (χ0) is 16.8. The number of allylic oxidation sites excluding steroid dienone is 4. The zero-order valence-corrected chi connectivity index (χ0v) is 14.5. The van der Waals surface area contributed by atoms with Gasteiger partial charge in [-0.2, -0.15) is 0 Å². The van der Waals surface area contributed by atoms with E-state index in [2.05, 4.69) is 0 Å². The van der Waals surface area contributed by atoms with Crippen molar-refractivity contribution in [2.75, 3.05) is 0 Å². The van der Waals surface area contributed by atoms with Crippen molar-refractivity contribution in [2.24, 2.45) is 0 Å². The van der Waals surface area contributed by atoms with Crippen LogP contribution >= 0.6 is 0 Å². The van der Waals surface area contributed by atoms with E-state index in [0.29, 0.717) is 11.1 Å². The summed E-state index contributed by atoms with van der Waals surface area (Å²) in [6.45, 7) is 0. The van der Waals surface area contributed by atoms with Crippen LogP contribution in [0, 0.1) is 63.7 Å². The molecule has 1 aromatic carbocycles. The maximum Gasteiger partial charge on any atom is 2.00 e. The maximum atomic E-state index is 12.1. The van der Waals surface area contributed by atoms with Gasteiger partial charge in [-0.15, -0.1) is 0 Å². The molecule has 0 saturated heterocycles. The first-order valence-electron chi connectivity index (χ1n) is 7.72. The van der Waals surface area contributed by atoms with Gasteiger partial charge in [-0.3, -0.25) is 9.59 Å². The average molecular weight is 368 g/mol. The van der Waals surface area contributed by atoms with E-state index in [9.17, 15) is 9.59 Å². The average Bonchev–Trinajstić information content (AvgIpc) is 3.36. The molecule has 0 atom stereocenters. The van der Waals surface area contributed by atoms with E-state index in [0.717, 1.165) is 5.92 Å². The summed E-state index contributed by atoms with van der Waals surface area (Å²) < 4.78 is 0. The van der Waals surface area contributed by atoms with Crippen LogP contribution in [0.4, 0.5) is 0 Å². The van der Waals surface area contributed by atoms with Gasteiger partial charge >= 0.3 is 17.1 Å². The molecule has 122 valence electrons. The van der Waals surface area contributed by atoms with Crippen LogP contribution in [0.5, 0.6) is 0 Å². The predicted octanol–water partition coefficient (Wildman–Crippen LogP) is 3.97. The summed E-state index contributed by atoms with van der Waals surface area (Å²) in [5.41, 5.74) is 1.24. The smallest absolute Gasteiger partial charge is 0.288 e. The fraction of sp³-hybridized carbons (Fsp3) is 0. The Morgan fingerprint density at radius 1 is 0.680 bits per heavy atom. The molecule has 0 amide bonds. The first-order valence-corrected chi connectivity index (χ1v) is 7.72. The molecule has 0 aliphatic heterocycles. The molecule has 25 heavy (non-hydrogen) atoms. The summed E-state index contributed by atoms with van der Waals surface area (Å²) in [6, 6.07) is 6.92. The molecule has 3 aliphatic carbocycles. The fourth-order valence-corrected chi connectivity index (χ4v) is 2.50. The van der Waals surface area contributed by atoms with Crippen LogP contribution < -0.4 is 0 Å². The standard InChI is InChI=1S/C17H11O2.C5H5.Fe/c18-16-13-9-3-4-10-14(13)17(19)15(16)11-5-8-12-6-1-2-7-12;1-2-4-5-3-1;/h1-11H;1-5H;/q;;+2/b8-5+;;. The van der Waals surface area contributed by atoms with Gasteiger partial charge in [0.25, 0.3) is 0 Å². The molecule has 10 radical (unpaired) electrons. The second kappa shape index (κ2) is 9.89. The fourth-order valence-electron chi connectivity index (χ4n) is 2.50. The first-order chi connectivity index (χ1) is 11.8. The van der Waals surface area contributed by atoms with E-state index in [1.807, 2.05) is 63.9 Å². The third kappa shape index (κ3) is 5.03. The molecule has 2 fully saturated rings. The largest absolute Gasteiger partial charge is 2.00 e. The summed E-state index contributed by atoms with van der Waals surface area (Å²) in [5.74, 6) is 0.674. The number of rotatable bonds is 2. The Kier molecular flexibility index (Phi) is 7.86. The van der Waals surface area contributed by atoms with Crippen LogP contribution in [0.1, 0.15) is 20.7 Å². The Bertz CT molecular complexity index is 618. The minimum atomic E-state index is -0.187. The van der Waals surface area contributed by atoms with Gasteiger partial charge in [-0.05, 0) is 63.9 Å². The maximum absolute atomic E-state index is 12.1. The van der Waals surface area contributed by atoms with E-state index in [1.165, 1.54) is 0 Å². The molecular formula is C22H16FeO2+2. The molecule has 0 bridgehead atoms. The van der Waals surface area contributed by atoms with Crippen molar-refractivity contribution in [3.05, 3.63) is 123 Å². The van der Waals surface area contributed by atoms with Gasteiger partial charge in [0.05, 0.1) is 5.57 Å². The Balaban J connectivity index is 0.000000325. The van der Waals surface area contributed by atoms with Crippen LogP contribution in [-0.2, 0) is 17.1 Å². The SMILES string of the molecule is O=C1C(=C/C=C/[C]2[CH][CH][CH][CH]2)C(=O)c2ccccc21.[CH]1[CH][CH][CH][CH]1.[Fe+2]. The topological polar surface area (TPSA) is 34.1 Å². The van der Waals surface area contributed by atoms with Gasteiger partial charge in [0, 0.05) is 17.0 Å². The Hall–Kier alpha value is -1.44. The van der Waals surface area contributed by atoms with Gasteiger partial charge in [0.2, 0.25) is 0 Å². The molecule has 0 heterocycles. The summed E-state index contributed by atoms with van der Waals surface area (Å²) in [7, 11) is 0. The van der Waals surface area contributed by atoms with Crippen molar-refractivity contribution in [1.82, 2.24) is 0 Å². The van der Waals surface area contributed by atoms with Crippen molar-refractivity contribution in [3.63, 3.8) is 0 Å². The van der Waals surface area contributed by atoms with Crippen LogP contribution in [0.3, 0.4) is 0 Å².